The summed E-state index contributed by atoms with van der Waals surface area (Å²) in [5.74, 6) is -0.878. The lowest BCUT2D eigenvalue weighted by Crippen LogP contribution is -2.37. The number of carbonyl (C=O) groups is 2. The number of aryl methyl sites for hydroxylation is 1. The van der Waals surface area contributed by atoms with Gasteiger partial charge in [0.15, 0.2) is 0 Å². The summed E-state index contributed by atoms with van der Waals surface area (Å²) >= 11 is 0. The van der Waals surface area contributed by atoms with Crippen LogP contribution in [0, 0.1) is 12.8 Å². The number of hydrogen-bond donors (Lipinski definition) is 1. The molecule has 0 aromatic carbocycles. The molecule has 1 aromatic rings. The van der Waals surface area contributed by atoms with Gasteiger partial charge in [0, 0.05) is 12.6 Å². The molecule has 1 N–H and O–H groups in total. The molecule has 1 aliphatic heterocycles. The number of hydrogen-bond acceptors (Lipinski definition) is 3. The lowest BCUT2D eigenvalue weighted by molar-refractivity contribution is -0.142. The van der Waals surface area contributed by atoms with Crippen molar-refractivity contribution in [2.24, 2.45) is 5.92 Å². The normalized spacial score (nSPS) is 24.0. The molecule has 2 rings (SSSR count). The predicted molar refractivity (Wildman–Crippen MR) is 59.7 cm³/mol. The molecule has 0 saturated carbocycles. The van der Waals surface area contributed by atoms with Gasteiger partial charge in [-0.25, -0.2) is 0 Å². The number of amides is 1. The van der Waals surface area contributed by atoms with Crippen LogP contribution in [0.15, 0.2) is 16.7 Å². The summed E-state index contributed by atoms with van der Waals surface area (Å²) in [7, 11) is 0. The smallest absolute Gasteiger partial charge is 0.308 e. The number of nitrogens with zero attached hydrogens (tertiary/aromatic N) is 1. The summed E-state index contributed by atoms with van der Waals surface area (Å²) < 4.78 is 5.09. The summed E-state index contributed by atoms with van der Waals surface area (Å²) in [5.41, 5.74) is 0.517. The van der Waals surface area contributed by atoms with Crippen molar-refractivity contribution in [2.75, 3.05) is 6.54 Å². The second-order valence-electron chi connectivity index (χ2n) is 4.36. The number of likely N-dealkylation sites (tertiary alicyclic amines) is 1. The van der Waals surface area contributed by atoms with Crippen molar-refractivity contribution >= 4 is 11.9 Å². The highest BCUT2D eigenvalue weighted by molar-refractivity contribution is 5.95. The van der Waals surface area contributed by atoms with Gasteiger partial charge in [0.05, 0.1) is 17.7 Å². The Hall–Kier alpha value is -1.78. The molecule has 17 heavy (non-hydrogen) atoms. The molecule has 0 aliphatic carbocycles. The van der Waals surface area contributed by atoms with Gasteiger partial charge < -0.3 is 14.4 Å². The van der Waals surface area contributed by atoms with Crippen molar-refractivity contribution in [1.29, 1.82) is 0 Å². The number of carboxylic acids is 1. The van der Waals surface area contributed by atoms with E-state index in [9.17, 15) is 9.59 Å². The third-order valence-electron chi connectivity index (χ3n) is 3.42. The van der Waals surface area contributed by atoms with Crippen LogP contribution in [-0.4, -0.2) is 34.5 Å². The van der Waals surface area contributed by atoms with Crippen LogP contribution in [0.4, 0.5) is 0 Å². The Bertz CT molecular complexity index is 451. The highest BCUT2D eigenvalue weighted by Gasteiger charge is 2.38. The minimum absolute atomic E-state index is 0.146. The largest absolute Gasteiger partial charge is 0.481 e. The molecule has 1 fully saturated rings. The second kappa shape index (κ2) is 4.24. The summed E-state index contributed by atoms with van der Waals surface area (Å²) in [6, 6.07) is 1.35. The fraction of sp³-hybridized carbons (Fsp3) is 0.500. The molecule has 1 amide bonds. The molecule has 92 valence electrons. The van der Waals surface area contributed by atoms with Crippen LogP contribution < -0.4 is 0 Å². The second-order valence-corrected chi connectivity index (χ2v) is 4.36. The Labute approximate surface area is 99.0 Å². The van der Waals surface area contributed by atoms with E-state index in [1.807, 2.05) is 0 Å². The van der Waals surface area contributed by atoms with Crippen molar-refractivity contribution in [3.63, 3.8) is 0 Å². The van der Waals surface area contributed by atoms with E-state index >= 15 is 0 Å². The number of aliphatic carboxylic acids is 1. The Morgan fingerprint density at radius 2 is 2.24 bits per heavy atom. The lowest BCUT2D eigenvalue weighted by Gasteiger charge is -2.22. The molecule has 5 heteroatoms. The van der Waals surface area contributed by atoms with E-state index in [0.29, 0.717) is 24.3 Å². The van der Waals surface area contributed by atoms with Gasteiger partial charge in [-0.15, -0.1) is 0 Å². The molecule has 1 aromatic heterocycles. The highest BCUT2D eigenvalue weighted by Crippen LogP contribution is 2.26. The van der Waals surface area contributed by atoms with Crippen LogP contribution >= 0.6 is 0 Å². The number of carbonyl (C=O) groups excluding carboxylic acids is 1. The first kappa shape index (κ1) is 11.7. The molecule has 1 aliphatic rings. The molecule has 2 atom stereocenters. The Balaban J connectivity index is 2.18. The van der Waals surface area contributed by atoms with Crippen LogP contribution in [0.25, 0.3) is 0 Å². The SMILES string of the molecule is Cc1occc1C(=O)N1CCC(C(=O)O)C1C. The topological polar surface area (TPSA) is 70.8 Å². The van der Waals surface area contributed by atoms with E-state index in [4.69, 9.17) is 9.52 Å². The Morgan fingerprint density at radius 1 is 1.53 bits per heavy atom. The highest BCUT2D eigenvalue weighted by atomic mass is 16.4. The van der Waals surface area contributed by atoms with E-state index in [1.165, 1.54) is 6.26 Å². The van der Waals surface area contributed by atoms with Gasteiger partial charge in [0.1, 0.15) is 5.76 Å². The first-order valence-electron chi connectivity index (χ1n) is 5.60. The zero-order chi connectivity index (χ0) is 12.6. The molecule has 0 bridgehead atoms. The zero-order valence-electron chi connectivity index (χ0n) is 9.84. The van der Waals surface area contributed by atoms with Crippen molar-refractivity contribution in [3.8, 4) is 0 Å². The van der Waals surface area contributed by atoms with Crippen molar-refractivity contribution in [1.82, 2.24) is 4.90 Å². The van der Waals surface area contributed by atoms with Gasteiger partial charge in [-0.1, -0.05) is 0 Å². The molecule has 0 radical (unpaired) electrons. The van der Waals surface area contributed by atoms with Gasteiger partial charge in [-0.3, -0.25) is 9.59 Å². The zero-order valence-corrected chi connectivity index (χ0v) is 9.84. The van der Waals surface area contributed by atoms with E-state index in [0.717, 1.165) is 0 Å². The number of furan rings is 1. The van der Waals surface area contributed by atoms with Gasteiger partial charge in [0.2, 0.25) is 0 Å². The number of rotatable bonds is 2. The maximum Gasteiger partial charge on any atom is 0.308 e. The molecule has 0 spiro atoms. The summed E-state index contributed by atoms with van der Waals surface area (Å²) in [6.45, 7) is 3.99. The fourth-order valence-electron chi connectivity index (χ4n) is 2.32. The van der Waals surface area contributed by atoms with Crippen LogP contribution in [0.5, 0.6) is 0 Å². The van der Waals surface area contributed by atoms with E-state index in [-0.39, 0.29) is 11.9 Å². The summed E-state index contributed by atoms with van der Waals surface area (Å²) in [5, 5.41) is 9.01. The number of carboxylic acid groups (broad SMARTS) is 1. The van der Waals surface area contributed by atoms with Gasteiger partial charge in [-0.05, 0) is 26.3 Å². The minimum Gasteiger partial charge on any atom is -0.481 e. The first-order valence-corrected chi connectivity index (χ1v) is 5.60. The van der Waals surface area contributed by atoms with Crippen LogP contribution in [-0.2, 0) is 4.79 Å². The predicted octanol–water partition coefficient (Wildman–Crippen LogP) is 1.52. The molecule has 5 nitrogen and oxygen atoms in total. The molecular weight excluding hydrogens is 222 g/mol. The third kappa shape index (κ3) is 1.92. The Morgan fingerprint density at radius 3 is 2.71 bits per heavy atom. The average molecular weight is 237 g/mol. The maximum atomic E-state index is 12.2. The van der Waals surface area contributed by atoms with Gasteiger partial charge in [0.25, 0.3) is 5.91 Å². The molecular formula is C12H15NO4. The van der Waals surface area contributed by atoms with Gasteiger partial charge >= 0.3 is 5.97 Å². The quantitative estimate of drug-likeness (QED) is 0.846. The van der Waals surface area contributed by atoms with Gasteiger partial charge in [-0.2, -0.15) is 0 Å². The monoisotopic (exact) mass is 237 g/mol. The molecule has 2 unspecified atom stereocenters. The Kier molecular flexibility index (Phi) is 2.92. The van der Waals surface area contributed by atoms with E-state index in [2.05, 4.69) is 0 Å². The lowest BCUT2D eigenvalue weighted by atomic mass is 10.0. The molecule has 2 heterocycles. The third-order valence-corrected chi connectivity index (χ3v) is 3.42. The first-order chi connectivity index (χ1) is 8.02. The average Bonchev–Trinajstić information content (AvgIpc) is 2.83. The van der Waals surface area contributed by atoms with Crippen LogP contribution in [0.2, 0.25) is 0 Å². The molecule has 1 saturated heterocycles. The van der Waals surface area contributed by atoms with Crippen molar-refractivity contribution < 1.29 is 19.1 Å². The summed E-state index contributed by atoms with van der Waals surface area (Å²) in [6.07, 6.45) is 1.98. The van der Waals surface area contributed by atoms with E-state index < -0.39 is 11.9 Å². The van der Waals surface area contributed by atoms with Crippen molar-refractivity contribution in [2.45, 2.75) is 26.3 Å². The standard InChI is InChI=1S/C12H15NO4/c1-7-9(12(15)16)3-5-13(7)11(14)10-4-6-17-8(10)2/h4,6-7,9H,3,5H2,1-2H3,(H,15,16). The van der Waals surface area contributed by atoms with Crippen LogP contribution in [0.3, 0.4) is 0 Å². The van der Waals surface area contributed by atoms with Crippen molar-refractivity contribution in [3.05, 3.63) is 23.7 Å². The maximum absolute atomic E-state index is 12.2. The fourth-order valence-corrected chi connectivity index (χ4v) is 2.32. The summed E-state index contributed by atoms with van der Waals surface area (Å²) in [4.78, 5) is 24.8. The van der Waals surface area contributed by atoms with E-state index in [1.54, 1.807) is 24.8 Å². The minimum atomic E-state index is -0.836. The van der Waals surface area contributed by atoms with Crippen LogP contribution in [0.1, 0.15) is 29.5 Å².